The van der Waals surface area contributed by atoms with Gasteiger partial charge in [-0.15, -0.1) is 0 Å². The van der Waals surface area contributed by atoms with E-state index >= 15 is 0 Å². The Labute approximate surface area is 157 Å². The van der Waals surface area contributed by atoms with E-state index in [1.807, 2.05) is 12.1 Å². The number of methoxy groups -OCH3 is 1. The van der Waals surface area contributed by atoms with Gasteiger partial charge in [0.05, 0.1) is 18.4 Å². The van der Waals surface area contributed by atoms with Crippen molar-refractivity contribution < 1.29 is 22.7 Å². The zero-order chi connectivity index (χ0) is 19.4. The minimum Gasteiger partial charge on any atom is -0.495 e. The topological polar surface area (TPSA) is 96.7 Å². The highest BCUT2D eigenvalue weighted by Gasteiger charge is 2.32. The Morgan fingerprint density at radius 2 is 2.04 bits per heavy atom. The number of hydrogen-bond donors (Lipinski definition) is 0. The number of carbonyl (C=O) groups is 1. The molecular weight excluding hydrogens is 368 g/mol. The fraction of sp³-hybridized carbons (Fsp3) is 0.263. The van der Waals surface area contributed by atoms with Crippen LogP contribution in [0.4, 0.5) is 5.69 Å². The maximum absolute atomic E-state index is 13.4. The Hall–Kier alpha value is -3.05. The molecule has 140 valence electrons. The van der Waals surface area contributed by atoms with E-state index in [4.69, 9.17) is 14.7 Å². The van der Waals surface area contributed by atoms with Crippen LogP contribution in [0.3, 0.4) is 0 Å². The van der Waals surface area contributed by atoms with Crippen LogP contribution in [0.1, 0.15) is 22.3 Å². The standard InChI is InChI=1S/C19H18N2O5S/c1-25-17-9-8-15(19(22)26-12-10-20)13-18(17)27(23,24)21-11-4-6-14-5-2-3-7-16(14)21/h2-3,5,7-9,13H,4,6,11-12H2,1H3. The van der Waals surface area contributed by atoms with E-state index in [9.17, 15) is 13.2 Å². The lowest BCUT2D eigenvalue weighted by Crippen LogP contribution is -2.35. The summed E-state index contributed by atoms with van der Waals surface area (Å²) < 4.78 is 38.0. The van der Waals surface area contributed by atoms with Gasteiger partial charge in [0.25, 0.3) is 10.0 Å². The number of anilines is 1. The number of carbonyl (C=O) groups excluding carboxylic acids is 1. The molecule has 1 aliphatic rings. The summed E-state index contributed by atoms with van der Waals surface area (Å²) in [6.07, 6.45) is 1.50. The number of aryl methyl sites for hydroxylation is 1. The van der Waals surface area contributed by atoms with Gasteiger partial charge in [-0.1, -0.05) is 18.2 Å². The molecule has 8 heteroatoms. The highest BCUT2D eigenvalue weighted by atomic mass is 32.2. The summed E-state index contributed by atoms with van der Waals surface area (Å²) in [5, 5.41) is 8.54. The fourth-order valence-corrected chi connectivity index (χ4v) is 4.78. The minimum absolute atomic E-state index is 0.0370. The Morgan fingerprint density at radius 1 is 1.26 bits per heavy atom. The number of sulfonamides is 1. The molecule has 0 bridgehead atoms. The van der Waals surface area contributed by atoms with Crippen molar-refractivity contribution in [3.63, 3.8) is 0 Å². The second kappa shape index (κ2) is 7.68. The lowest BCUT2D eigenvalue weighted by atomic mass is 10.0. The number of ether oxygens (including phenoxy) is 2. The number of esters is 1. The molecule has 1 aliphatic heterocycles. The number of benzene rings is 2. The summed E-state index contributed by atoms with van der Waals surface area (Å²) >= 11 is 0. The van der Waals surface area contributed by atoms with E-state index in [2.05, 4.69) is 0 Å². The number of fused-ring (bicyclic) bond motifs is 1. The maximum atomic E-state index is 13.4. The molecule has 0 spiro atoms. The SMILES string of the molecule is COc1ccc(C(=O)OCC#N)cc1S(=O)(=O)N1CCCc2ccccc21. The quantitative estimate of drug-likeness (QED) is 0.733. The number of nitrogens with zero attached hydrogens (tertiary/aromatic N) is 2. The average molecular weight is 386 g/mol. The highest BCUT2D eigenvalue weighted by Crippen LogP contribution is 2.35. The monoisotopic (exact) mass is 386 g/mol. The average Bonchev–Trinajstić information content (AvgIpc) is 2.71. The van der Waals surface area contributed by atoms with E-state index in [0.717, 1.165) is 12.0 Å². The Kier molecular flexibility index (Phi) is 5.33. The van der Waals surface area contributed by atoms with Crippen molar-refractivity contribution in [2.24, 2.45) is 0 Å². The van der Waals surface area contributed by atoms with Crippen LogP contribution in [0.2, 0.25) is 0 Å². The molecule has 1 heterocycles. The van der Waals surface area contributed by atoms with Gasteiger partial charge in [-0.25, -0.2) is 13.2 Å². The number of para-hydroxylation sites is 1. The van der Waals surface area contributed by atoms with Crippen LogP contribution in [0, 0.1) is 11.3 Å². The molecule has 0 N–H and O–H groups in total. The van der Waals surface area contributed by atoms with E-state index in [0.29, 0.717) is 18.7 Å². The first kappa shape index (κ1) is 18.7. The molecule has 0 aromatic heterocycles. The molecule has 0 amide bonds. The summed E-state index contributed by atoms with van der Waals surface area (Å²) in [5.74, 6) is -0.635. The number of rotatable bonds is 5. The third kappa shape index (κ3) is 3.59. The van der Waals surface area contributed by atoms with Gasteiger partial charge in [0.2, 0.25) is 0 Å². The highest BCUT2D eigenvalue weighted by molar-refractivity contribution is 7.93. The van der Waals surface area contributed by atoms with Crippen LogP contribution in [-0.2, 0) is 21.2 Å². The third-order valence-electron chi connectivity index (χ3n) is 4.30. The van der Waals surface area contributed by atoms with E-state index in [1.165, 1.54) is 29.6 Å². The molecular formula is C19H18N2O5S. The lowest BCUT2D eigenvalue weighted by molar-refractivity contribution is 0.0554. The second-order valence-electron chi connectivity index (χ2n) is 5.91. The van der Waals surface area contributed by atoms with Crippen LogP contribution in [0.25, 0.3) is 0 Å². The normalized spacial score (nSPS) is 13.4. The summed E-state index contributed by atoms with van der Waals surface area (Å²) in [4.78, 5) is 11.9. The Morgan fingerprint density at radius 3 is 2.78 bits per heavy atom. The first-order valence-corrected chi connectivity index (χ1v) is 9.76. The molecule has 0 atom stereocenters. The van der Waals surface area contributed by atoms with Gasteiger partial charge in [0.15, 0.2) is 6.61 Å². The molecule has 27 heavy (non-hydrogen) atoms. The Balaban J connectivity index is 2.07. The first-order valence-electron chi connectivity index (χ1n) is 8.32. The molecule has 0 saturated heterocycles. The van der Waals surface area contributed by atoms with Crippen molar-refractivity contribution >= 4 is 21.7 Å². The van der Waals surface area contributed by atoms with Crippen molar-refractivity contribution in [1.82, 2.24) is 0 Å². The van der Waals surface area contributed by atoms with Crippen LogP contribution in [-0.4, -0.2) is 34.6 Å². The van der Waals surface area contributed by atoms with Crippen molar-refractivity contribution in [3.05, 3.63) is 53.6 Å². The second-order valence-corrected chi connectivity index (χ2v) is 7.74. The predicted octanol–water partition coefficient (Wildman–Crippen LogP) is 2.52. The number of hydrogen-bond acceptors (Lipinski definition) is 6. The van der Waals surface area contributed by atoms with E-state index < -0.39 is 22.6 Å². The number of nitriles is 1. The van der Waals surface area contributed by atoms with Crippen LogP contribution in [0.15, 0.2) is 47.4 Å². The first-order chi connectivity index (χ1) is 13.0. The maximum Gasteiger partial charge on any atom is 0.339 e. The zero-order valence-corrected chi connectivity index (χ0v) is 15.5. The van der Waals surface area contributed by atoms with Crippen LogP contribution in [0.5, 0.6) is 5.75 Å². The molecule has 3 rings (SSSR count). The summed E-state index contributed by atoms with van der Waals surface area (Å²) in [6.45, 7) is -0.0714. The van der Waals surface area contributed by atoms with Gasteiger partial charge in [-0.3, -0.25) is 4.31 Å². The molecule has 0 unspecified atom stereocenters. The van der Waals surface area contributed by atoms with E-state index in [1.54, 1.807) is 18.2 Å². The predicted molar refractivity (Wildman–Crippen MR) is 98.2 cm³/mol. The van der Waals surface area contributed by atoms with Gasteiger partial charge in [-0.2, -0.15) is 5.26 Å². The smallest absolute Gasteiger partial charge is 0.339 e. The van der Waals surface area contributed by atoms with Gasteiger partial charge in [-0.05, 0) is 42.7 Å². The van der Waals surface area contributed by atoms with Crippen molar-refractivity contribution in [1.29, 1.82) is 5.26 Å². The van der Waals surface area contributed by atoms with Gasteiger partial charge >= 0.3 is 5.97 Å². The fourth-order valence-electron chi connectivity index (χ4n) is 3.05. The lowest BCUT2D eigenvalue weighted by Gasteiger charge is -2.30. The molecule has 0 fully saturated rings. The van der Waals surface area contributed by atoms with Crippen LogP contribution >= 0.6 is 0 Å². The van der Waals surface area contributed by atoms with Crippen molar-refractivity contribution in [2.75, 3.05) is 24.6 Å². The van der Waals surface area contributed by atoms with Crippen molar-refractivity contribution in [3.8, 4) is 11.8 Å². The van der Waals surface area contributed by atoms with E-state index in [-0.39, 0.29) is 16.2 Å². The zero-order valence-electron chi connectivity index (χ0n) is 14.7. The Bertz CT molecular complexity index is 1010. The minimum atomic E-state index is -3.96. The molecule has 0 aliphatic carbocycles. The summed E-state index contributed by atoms with van der Waals surface area (Å²) in [7, 11) is -2.59. The third-order valence-corrected chi connectivity index (χ3v) is 6.14. The molecule has 2 aromatic rings. The molecule has 2 aromatic carbocycles. The van der Waals surface area contributed by atoms with Gasteiger partial charge < -0.3 is 9.47 Å². The van der Waals surface area contributed by atoms with Crippen LogP contribution < -0.4 is 9.04 Å². The molecule has 0 radical (unpaired) electrons. The van der Waals surface area contributed by atoms with Crippen molar-refractivity contribution in [2.45, 2.75) is 17.7 Å². The summed E-state index contributed by atoms with van der Waals surface area (Å²) in [5.41, 5.74) is 1.62. The largest absolute Gasteiger partial charge is 0.495 e. The molecule has 7 nitrogen and oxygen atoms in total. The molecule has 0 saturated carbocycles. The van der Waals surface area contributed by atoms with Gasteiger partial charge in [0, 0.05) is 6.54 Å². The van der Waals surface area contributed by atoms with Gasteiger partial charge in [0.1, 0.15) is 16.7 Å². The summed E-state index contributed by atoms with van der Waals surface area (Å²) in [6, 6.07) is 13.1.